The third-order valence-electron chi connectivity index (χ3n) is 7.68. The molecular weight excluding hydrogens is 512 g/mol. The van der Waals surface area contributed by atoms with Crippen LogP contribution in [0.5, 0.6) is 0 Å². The lowest BCUT2D eigenvalue weighted by Crippen LogP contribution is -2.69. The normalized spacial score (nSPS) is 22.6. The van der Waals surface area contributed by atoms with Gasteiger partial charge < -0.3 is 25.6 Å². The molecule has 2 aliphatic heterocycles. The van der Waals surface area contributed by atoms with E-state index in [0.717, 1.165) is 11.1 Å². The summed E-state index contributed by atoms with van der Waals surface area (Å²) >= 11 is 0. The van der Waals surface area contributed by atoms with Crippen molar-refractivity contribution >= 4 is 29.6 Å². The van der Waals surface area contributed by atoms with Crippen LogP contribution in [0.2, 0.25) is 0 Å². The number of hydrogen-bond donors (Lipinski definition) is 3. The molecule has 0 bridgehead atoms. The van der Waals surface area contributed by atoms with Gasteiger partial charge in [-0.15, -0.1) is 0 Å². The molecular formula is C30H36N4O6. The molecule has 0 radical (unpaired) electrons. The van der Waals surface area contributed by atoms with Gasteiger partial charge in [0.15, 0.2) is 0 Å². The molecule has 0 aromatic heterocycles. The predicted molar refractivity (Wildman–Crippen MR) is 147 cm³/mol. The summed E-state index contributed by atoms with van der Waals surface area (Å²) < 4.78 is 4.61. The number of benzene rings is 2. The number of esters is 1. The fourth-order valence-corrected chi connectivity index (χ4v) is 5.74. The zero-order valence-electron chi connectivity index (χ0n) is 22.9. The van der Waals surface area contributed by atoms with Crippen LogP contribution in [0.3, 0.4) is 0 Å². The Balaban J connectivity index is 1.62. The Kier molecular flexibility index (Phi) is 9.19. The zero-order chi connectivity index (χ0) is 28.7. The third-order valence-corrected chi connectivity index (χ3v) is 7.68. The van der Waals surface area contributed by atoms with E-state index in [0.29, 0.717) is 25.7 Å². The molecule has 2 aliphatic rings. The van der Waals surface area contributed by atoms with Gasteiger partial charge in [-0.1, -0.05) is 60.7 Å². The highest BCUT2D eigenvalue weighted by molar-refractivity contribution is 5.98. The Morgan fingerprint density at radius 2 is 1.62 bits per heavy atom. The van der Waals surface area contributed by atoms with Crippen molar-refractivity contribution in [1.29, 1.82) is 0 Å². The maximum absolute atomic E-state index is 14.3. The first-order valence-electron chi connectivity index (χ1n) is 13.6. The second-order valence-corrected chi connectivity index (χ2v) is 10.5. The predicted octanol–water partition coefficient (Wildman–Crippen LogP) is 1.27. The van der Waals surface area contributed by atoms with E-state index >= 15 is 0 Å². The Bertz CT molecular complexity index is 1240. The summed E-state index contributed by atoms with van der Waals surface area (Å²) in [5.41, 5.74) is 0.415. The average Bonchev–Trinajstić information content (AvgIpc) is 3.39. The number of ether oxygens (including phenoxy) is 1. The maximum atomic E-state index is 14.3. The zero-order valence-corrected chi connectivity index (χ0v) is 22.9. The van der Waals surface area contributed by atoms with Gasteiger partial charge in [0, 0.05) is 25.8 Å². The second-order valence-electron chi connectivity index (χ2n) is 10.5. The van der Waals surface area contributed by atoms with Crippen molar-refractivity contribution in [2.24, 2.45) is 0 Å². The molecule has 4 rings (SSSR count). The van der Waals surface area contributed by atoms with Gasteiger partial charge in [0.25, 0.3) is 0 Å². The van der Waals surface area contributed by atoms with Gasteiger partial charge in [-0.2, -0.15) is 0 Å². The van der Waals surface area contributed by atoms with Crippen LogP contribution < -0.4 is 16.0 Å². The molecule has 10 nitrogen and oxygen atoms in total. The Hall–Kier alpha value is -4.21. The number of methoxy groups -OCH3 is 1. The van der Waals surface area contributed by atoms with Gasteiger partial charge in [0.2, 0.25) is 23.6 Å². The summed E-state index contributed by atoms with van der Waals surface area (Å²) in [6, 6.07) is 17.0. The molecule has 4 amide bonds. The van der Waals surface area contributed by atoms with E-state index < -0.39 is 35.4 Å². The van der Waals surface area contributed by atoms with E-state index in [1.165, 1.54) is 14.0 Å². The van der Waals surface area contributed by atoms with Crippen molar-refractivity contribution in [1.82, 2.24) is 20.9 Å². The molecule has 0 spiro atoms. The number of carbonyl (C=O) groups excluding carboxylic acids is 5. The minimum atomic E-state index is -1.31. The Morgan fingerprint density at radius 1 is 0.975 bits per heavy atom. The van der Waals surface area contributed by atoms with Crippen molar-refractivity contribution < 1.29 is 28.7 Å². The number of nitrogens with one attached hydrogen (secondary N) is 3. The number of carbonyl (C=O) groups is 5. The van der Waals surface area contributed by atoms with Crippen LogP contribution in [0.1, 0.15) is 43.7 Å². The highest BCUT2D eigenvalue weighted by Gasteiger charge is 2.54. The van der Waals surface area contributed by atoms with Gasteiger partial charge in [-0.3, -0.25) is 24.0 Å². The quantitative estimate of drug-likeness (QED) is 0.383. The standard InChI is InChI=1S/C30H36N4O6/c1-20(35)32-24(17-21-9-5-3-6-10-21)27(37)33-30(18-22-11-7-4-8-12-22)16-15-23-13-14-25(34(23)29(30)39)28(38)31-19-26(36)40-2/h3-12,23-25H,13-19H2,1-2H3,(H,31,38)(H,32,35)(H,33,37)/t23-,24+,25+,30-/m1/s1. The SMILES string of the molecule is COC(=O)CNC(=O)[C@@H]1CC[C@@H]2CC[C@](Cc3ccccc3)(NC(=O)[C@H](Cc3ccccc3)NC(C)=O)C(=O)N21. The topological polar surface area (TPSA) is 134 Å². The van der Waals surface area contributed by atoms with Gasteiger partial charge in [0.05, 0.1) is 7.11 Å². The first kappa shape index (κ1) is 28.8. The first-order valence-corrected chi connectivity index (χ1v) is 13.6. The molecule has 0 saturated carbocycles. The van der Waals surface area contributed by atoms with Crippen molar-refractivity contribution in [2.75, 3.05) is 13.7 Å². The van der Waals surface area contributed by atoms with Crippen LogP contribution >= 0.6 is 0 Å². The summed E-state index contributed by atoms with van der Waals surface area (Å²) in [5.74, 6) is -2.17. The Morgan fingerprint density at radius 3 is 2.25 bits per heavy atom. The number of piperidine rings is 1. The van der Waals surface area contributed by atoms with Crippen LogP contribution in [0.25, 0.3) is 0 Å². The smallest absolute Gasteiger partial charge is 0.325 e. The lowest BCUT2D eigenvalue weighted by Gasteiger charge is -2.46. The van der Waals surface area contributed by atoms with E-state index in [-0.39, 0.29) is 37.2 Å². The lowest BCUT2D eigenvalue weighted by molar-refractivity contribution is -0.152. The van der Waals surface area contributed by atoms with Gasteiger partial charge in [-0.25, -0.2) is 0 Å². The molecule has 2 aromatic rings. The van der Waals surface area contributed by atoms with Crippen molar-refractivity contribution in [3.8, 4) is 0 Å². The Labute approximate surface area is 233 Å². The molecule has 2 aromatic carbocycles. The van der Waals surface area contributed by atoms with Crippen LogP contribution in [0.4, 0.5) is 0 Å². The fraction of sp³-hybridized carbons (Fsp3) is 0.433. The van der Waals surface area contributed by atoms with Crippen LogP contribution in [-0.2, 0) is 41.6 Å². The highest BCUT2D eigenvalue weighted by atomic mass is 16.5. The number of nitrogens with zero attached hydrogens (tertiary/aromatic N) is 1. The number of rotatable bonds is 10. The minimum Gasteiger partial charge on any atom is -0.468 e. The van der Waals surface area contributed by atoms with Crippen LogP contribution in [0.15, 0.2) is 60.7 Å². The van der Waals surface area contributed by atoms with Crippen molar-refractivity contribution in [3.63, 3.8) is 0 Å². The summed E-state index contributed by atoms with van der Waals surface area (Å²) in [7, 11) is 1.24. The van der Waals surface area contributed by atoms with Crippen LogP contribution in [-0.4, -0.2) is 71.8 Å². The van der Waals surface area contributed by atoms with Crippen molar-refractivity contribution in [2.45, 2.75) is 69.1 Å². The van der Waals surface area contributed by atoms with E-state index in [1.807, 2.05) is 60.7 Å². The largest absolute Gasteiger partial charge is 0.468 e. The van der Waals surface area contributed by atoms with Gasteiger partial charge in [0.1, 0.15) is 24.2 Å². The summed E-state index contributed by atoms with van der Waals surface area (Å²) in [4.78, 5) is 66.4. The number of hydrogen-bond acceptors (Lipinski definition) is 6. The molecule has 2 fully saturated rings. The summed E-state index contributed by atoms with van der Waals surface area (Å²) in [6.45, 7) is 1.06. The lowest BCUT2D eigenvalue weighted by atomic mass is 9.79. The third kappa shape index (κ3) is 6.67. The minimum absolute atomic E-state index is 0.141. The maximum Gasteiger partial charge on any atom is 0.325 e. The highest BCUT2D eigenvalue weighted by Crippen LogP contribution is 2.38. The molecule has 2 saturated heterocycles. The molecule has 40 heavy (non-hydrogen) atoms. The summed E-state index contributed by atoms with van der Waals surface area (Å²) in [6.07, 6.45) is 2.59. The summed E-state index contributed by atoms with van der Waals surface area (Å²) in [5, 5.41) is 8.34. The van der Waals surface area contributed by atoms with Crippen LogP contribution in [0, 0.1) is 0 Å². The monoisotopic (exact) mass is 548 g/mol. The first-order chi connectivity index (χ1) is 19.2. The molecule has 0 aliphatic carbocycles. The average molecular weight is 549 g/mol. The molecule has 212 valence electrons. The van der Waals surface area contributed by atoms with Crippen molar-refractivity contribution in [3.05, 3.63) is 71.8 Å². The second kappa shape index (κ2) is 12.8. The molecule has 4 atom stereocenters. The van der Waals surface area contributed by atoms with E-state index in [2.05, 4.69) is 20.7 Å². The van der Waals surface area contributed by atoms with E-state index in [1.54, 1.807) is 4.90 Å². The number of amides is 4. The van der Waals surface area contributed by atoms with Gasteiger partial charge in [-0.05, 0) is 36.8 Å². The molecule has 10 heteroatoms. The van der Waals surface area contributed by atoms with Gasteiger partial charge >= 0.3 is 5.97 Å². The molecule has 2 heterocycles. The van der Waals surface area contributed by atoms with E-state index in [9.17, 15) is 24.0 Å². The fourth-order valence-electron chi connectivity index (χ4n) is 5.74. The molecule has 3 N–H and O–H groups in total. The number of fused-ring (bicyclic) bond motifs is 1. The molecule has 0 unspecified atom stereocenters. The van der Waals surface area contributed by atoms with E-state index in [4.69, 9.17) is 0 Å².